The molecular weight excluding hydrogens is 323 g/mol. The zero-order valence-corrected chi connectivity index (χ0v) is 10.9. The molecule has 0 aromatic carbocycles. The third kappa shape index (κ3) is 2.16. The van der Waals surface area contributed by atoms with Crippen molar-refractivity contribution in [3.63, 3.8) is 0 Å². The first-order valence-electron chi connectivity index (χ1n) is 4.63. The molecule has 78 valence electrons. The number of hydrogen-bond acceptors (Lipinski definition) is 3. The summed E-state index contributed by atoms with van der Waals surface area (Å²) in [5, 5.41) is 13.6. The van der Waals surface area contributed by atoms with Crippen LogP contribution in [-0.2, 0) is 0 Å². The van der Waals surface area contributed by atoms with E-state index < -0.39 is 5.54 Å². The Morgan fingerprint density at radius 2 is 2.40 bits per heavy atom. The number of amides is 1. The number of carbonyl (C=O) groups excluding carboxylic acids is 1. The molecule has 1 aliphatic rings. The van der Waals surface area contributed by atoms with E-state index in [4.69, 9.17) is 5.26 Å². The van der Waals surface area contributed by atoms with Crippen LogP contribution in [0.15, 0.2) is 11.4 Å². The van der Waals surface area contributed by atoms with Gasteiger partial charge in [0, 0.05) is 5.38 Å². The lowest BCUT2D eigenvalue weighted by molar-refractivity contribution is 0.0882. The molecule has 2 rings (SSSR count). The lowest BCUT2D eigenvalue weighted by Gasteiger charge is -2.35. The van der Waals surface area contributed by atoms with Gasteiger partial charge in [-0.25, -0.2) is 0 Å². The van der Waals surface area contributed by atoms with E-state index in [0.717, 1.165) is 22.1 Å². The minimum atomic E-state index is -0.593. The maximum absolute atomic E-state index is 11.8. The Labute approximate surface area is 106 Å². The smallest absolute Gasteiger partial charge is 0.253 e. The number of nitrogens with one attached hydrogen (secondary N) is 1. The average molecular weight is 332 g/mol. The highest BCUT2D eigenvalue weighted by Crippen LogP contribution is 2.31. The molecule has 0 unspecified atom stereocenters. The first-order chi connectivity index (χ1) is 7.15. The zero-order valence-electron chi connectivity index (χ0n) is 7.92. The minimum absolute atomic E-state index is 0.129. The lowest BCUT2D eigenvalue weighted by atomic mass is 9.78. The number of carbonyl (C=O) groups is 1. The monoisotopic (exact) mass is 332 g/mol. The molecule has 1 N–H and O–H groups in total. The Morgan fingerprint density at radius 3 is 2.80 bits per heavy atom. The summed E-state index contributed by atoms with van der Waals surface area (Å²) in [5.41, 5.74) is 0.0655. The molecule has 1 heterocycles. The minimum Gasteiger partial charge on any atom is -0.334 e. The van der Waals surface area contributed by atoms with E-state index in [9.17, 15) is 4.79 Å². The SMILES string of the molecule is N#CC1(NC(=O)c2csc(I)c2)CCC1. The van der Waals surface area contributed by atoms with Crippen LogP contribution in [0, 0.1) is 14.2 Å². The molecular formula is C10H9IN2OS. The van der Waals surface area contributed by atoms with Gasteiger partial charge in [-0.2, -0.15) is 5.26 Å². The van der Waals surface area contributed by atoms with Gasteiger partial charge in [0.25, 0.3) is 5.91 Å². The van der Waals surface area contributed by atoms with Crippen molar-refractivity contribution in [3.8, 4) is 6.07 Å². The summed E-state index contributed by atoms with van der Waals surface area (Å²) in [5.74, 6) is -0.129. The Morgan fingerprint density at radius 1 is 1.67 bits per heavy atom. The number of halogens is 1. The number of hydrogen-bond donors (Lipinski definition) is 1. The molecule has 15 heavy (non-hydrogen) atoms. The molecule has 3 nitrogen and oxygen atoms in total. The fourth-order valence-corrected chi connectivity index (χ4v) is 2.84. The van der Waals surface area contributed by atoms with Crippen LogP contribution in [0.5, 0.6) is 0 Å². The number of rotatable bonds is 2. The van der Waals surface area contributed by atoms with Crippen molar-refractivity contribution < 1.29 is 4.79 Å². The normalized spacial score (nSPS) is 17.6. The first kappa shape index (κ1) is 10.9. The highest BCUT2D eigenvalue weighted by Gasteiger charge is 2.38. The van der Waals surface area contributed by atoms with Gasteiger partial charge >= 0.3 is 0 Å². The van der Waals surface area contributed by atoms with Crippen LogP contribution in [0.1, 0.15) is 29.6 Å². The van der Waals surface area contributed by atoms with Crippen LogP contribution in [0.4, 0.5) is 0 Å². The molecule has 0 aliphatic heterocycles. The molecule has 1 aromatic rings. The molecule has 0 bridgehead atoms. The van der Waals surface area contributed by atoms with E-state index in [1.165, 1.54) is 11.3 Å². The van der Waals surface area contributed by atoms with Gasteiger partial charge in [-0.1, -0.05) is 0 Å². The van der Waals surface area contributed by atoms with Crippen molar-refractivity contribution in [1.29, 1.82) is 5.26 Å². The topological polar surface area (TPSA) is 52.9 Å². The van der Waals surface area contributed by atoms with Gasteiger partial charge in [0.05, 0.1) is 14.5 Å². The molecule has 1 aliphatic carbocycles. The zero-order chi connectivity index (χ0) is 10.9. The van der Waals surface area contributed by atoms with Gasteiger partial charge in [0.1, 0.15) is 5.54 Å². The summed E-state index contributed by atoms with van der Waals surface area (Å²) in [6.07, 6.45) is 2.57. The second-order valence-electron chi connectivity index (χ2n) is 3.64. The molecule has 0 radical (unpaired) electrons. The predicted octanol–water partition coefficient (Wildman–Crippen LogP) is 2.53. The summed E-state index contributed by atoms with van der Waals surface area (Å²) in [6, 6.07) is 4.03. The second-order valence-corrected chi connectivity index (χ2v) is 6.45. The van der Waals surface area contributed by atoms with Gasteiger partial charge in [0.2, 0.25) is 0 Å². The van der Waals surface area contributed by atoms with Crippen LogP contribution in [-0.4, -0.2) is 11.4 Å². The third-order valence-electron chi connectivity index (χ3n) is 2.60. The van der Waals surface area contributed by atoms with E-state index in [-0.39, 0.29) is 5.91 Å². The van der Waals surface area contributed by atoms with E-state index in [1.54, 1.807) is 0 Å². The highest BCUT2D eigenvalue weighted by atomic mass is 127. The summed E-state index contributed by atoms with van der Waals surface area (Å²) in [7, 11) is 0. The van der Waals surface area contributed by atoms with Gasteiger partial charge < -0.3 is 5.32 Å². The molecule has 1 amide bonds. The molecule has 5 heteroatoms. The van der Waals surface area contributed by atoms with Gasteiger partial charge in [0.15, 0.2) is 0 Å². The largest absolute Gasteiger partial charge is 0.334 e. The van der Waals surface area contributed by atoms with Crippen molar-refractivity contribution in [1.82, 2.24) is 5.32 Å². The fraction of sp³-hybridized carbons (Fsp3) is 0.400. The number of nitrogens with zero attached hydrogens (tertiary/aromatic N) is 1. The molecule has 1 saturated carbocycles. The Bertz CT molecular complexity index is 431. The van der Waals surface area contributed by atoms with Gasteiger partial charge in [-0.3, -0.25) is 4.79 Å². The Hall–Kier alpha value is -0.610. The molecule has 0 atom stereocenters. The molecule has 0 saturated heterocycles. The molecule has 0 spiro atoms. The predicted molar refractivity (Wildman–Crippen MR) is 66.7 cm³/mol. The second kappa shape index (κ2) is 4.10. The van der Waals surface area contributed by atoms with Crippen LogP contribution >= 0.6 is 33.9 Å². The summed E-state index contributed by atoms with van der Waals surface area (Å²) < 4.78 is 1.08. The Balaban J connectivity index is 2.07. The van der Waals surface area contributed by atoms with Crippen LogP contribution in [0.25, 0.3) is 0 Å². The maximum Gasteiger partial charge on any atom is 0.253 e. The first-order valence-corrected chi connectivity index (χ1v) is 6.59. The summed E-state index contributed by atoms with van der Waals surface area (Å²) in [6.45, 7) is 0. The number of nitriles is 1. The molecule has 1 fully saturated rings. The third-order valence-corrected chi connectivity index (χ3v) is 4.39. The van der Waals surface area contributed by atoms with Gasteiger partial charge in [-0.15, -0.1) is 11.3 Å². The highest BCUT2D eigenvalue weighted by molar-refractivity contribution is 14.1. The quantitative estimate of drug-likeness (QED) is 0.846. The Kier molecular flexibility index (Phi) is 2.98. The molecule has 1 aromatic heterocycles. The van der Waals surface area contributed by atoms with E-state index in [1.807, 2.05) is 11.4 Å². The van der Waals surface area contributed by atoms with Gasteiger partial charge in [-0.05, 0) is 47.9 Å². The van der Waals surface area contributed by atoms with Crippen molar-refractivity contribution >= 4 is 39.8 Å². The summed E-state index contributed by atoms with van der Waals surface area (Å²) >= 11 is 3.71. The summed E-state index contributed by atoms with van der Waals surface area (Å²) in [4.78, 5) is 11.8. The van der Waals surface area contributed by atoms with Crippen molar-refractivity contribution in [3.05, 3.63) is 19.9 Å². The number of thiophene rings is 1. The maximum atomic E-state index is 11.8. The standard InChI is InChI=1S/C10H9IN2OS/c11-8-4-7(5-15-8)9(14)13-10(6-12)2-1-3-10/h4-5H,1-3H2,(H,13,14). The average Bonchev–Trinajstić information content (AvgIpc) is 2.58. The van der Waals surface area contributed by atoms with Crippen molar-refractivity contribution in [2.24, 2.45) is 0 Å². The van der Waals surface area contributed by atoms with Crippen LogP contribution < -0.4 is 5.32 Å². The fourth-order valence-electron chi connectivity index (χ4n) is 1.51. The lowest BCUT2D eigenvalue weighted by Crippen LogP contribution is -2.52. The van der Waals surface area contributed by atoms with Crippen molar-refractivity contribution in [2.75, 3.05) is 0 Å². The van der Waals surface area contributed by atoms with E-state index in [2.05, 4.69) is 34.0 Å². The van der Waals surface area contributed by atoms with E-state index >= 15 is 0 Å². The van der Waals surface area contributed by atoms with Crippen molar-refractivity contribution in [2.45, 2.75) is 24.8 Å². The van der Waals surface area contributed by atoms with E-state index in [0.29, 0.717) is 5.56 Å². The van der Waals surface area contributed by atoms with Crippen LogP contribution in [0.2, 0.25) is 0 Å². The van der Waals surface area contributed by atoms with Crippen LogP contribution in [0.3, 0.4) is 0 Å².